The van der Waals surface area contributed by atoms with Crippen LogP contribution in [0.15, 0.2) is 10.4 Å². The van der Waals surface area contributed by atoms with Gasteiger partial charge >= 0.3 is 0 Å². The molecule has 0 aliphatic carbocycles. The molecule has 2 saturated heterocycles. The Labute approximate surface area is 120 Å². The number of halogens is 4. The molecule has 18 heavy (non-hydrogen) atoms. The summed E-state index contributed by atoms with van der Waals surface area (Å²) in [5.41, 5.74) is -0.421. The lowest BCUT2D eigenvalue weighted by atomic mass is 9.78. The molecule has 3 aliphatic rings. The van der Waals surface area contributed by atoms with Crippen molar-refractivity contribution in [2.75, 3.05) is 19.7 Å². The average molecular weight is 318 g/mol. The molecule has 7 heteroatoms. The first kappa shape index (κ1) is 14.9. The zero-order valence-corrected chi connectivity index (χ0v) is 12.0. The number of piperidine rings is 1. The van der Waals surface area contributed by atoms with Gasteiger partial charge in [0.2, 0.25) is 0 Å². The van der Waals surface area contributed by atoms with Gasteiger partial charge in [-0.05, 0) is 32.0 Å². The topological polar surface area (TPSA) is 21.3 Å². The van der Waals surface area contributed by atoms with Crippen LogP contribution < -0.4 is 5.32 Å². The van der Waals surface area contributed by atoms with E-state index in [2.05, 4.69) is 5.32 Å². The summed E-state index contributed by atoms with van der Waals surface area (Å²) in [6.07, 6.45) is 3.09. The zero-order chi connectivity index (χ0) is 12.1. The standard InChI is InChI=1S/C11H14ClF2NOS.ClH/c12-8-5-7-9(17-8)10(1-3-15-4-2-10)16-6-11(7,13)14;/h5,7,9,15H,1-4,6H2;1H. The molecular formula is C11H15Cl2F2NOS. The summed E-state index contributed by atoms with van der Waals surface area (Å²) in [6.45, 7) is 1.18. The summed E-state index contributed by atoms with van der Waals surface area (Å²) >= 11 is 7.29. The lowest BCUT2D eigenvalue weighted by Gasteiger charge is -2.49. The highest BCUT2D eigenvalue weighted by molar-refractivity contribution is 8.05. The first-order valence-corrected chi connectivity index (χ1v) is 7.06. The molecule has 0 aromatic carbocycles. The number of thioether (sulfide) groups is 1. The molecule has 1 N–H and O–H groups in total. The Kier molecular flexibility index (Phi) is 4.20. The van der Waals surface area contributed by atoms with Gasteiger partial charge in [0.15, 0.2) is 0 Å². The molecule has 2 fully saturated rings. The van der Waals surface area contributed by atoms with Gasteiger partial charge in [0.1, 0.15) is 6.61 Å². The highest BCUT2D eigenvalue weighted by atomic mass is 35.5. The van der Waals surface area contributed by atoms with Gasteiger partial charge in [0, 0.05) is 0 Å². The van der Waals surface area contributed by atoms with Gasteiger partial charge in [0.25, 0.3) is 5.92 Å². The fourth-order valence-electron chi connectivity index (χ4n) is 2.94. The second-order valence-electron chi connectivity index (χ2n) is 4.90. The average Bonchev–Trinajstić information content (AvgIpc) is 2.71. The number of nitrogens with one attached hydrogen (secondary N) is 1. The van der Waals surface area contributed by atoms with Crippen LogP contribution in [0.5, 0.6) is 0 Å². The molecule has 0 aromatic heterocycles. The maximum absolute atomic E-state index is 13.8. The van der Waals surface area contributed by atoms with Crippen molar-refractivity contribution in [3.8, 4) is 0 Å². The van der Waals surface area contributed by atoms with E-state index < -0.39 is 24.0 Å². The van der Waals surface area contributed by atoms with Crippen molar-refractivity contribution < 1.29 is 13.5 Å². The fourth-order valence-corrected chi connectivity index (χ4v) is 4.77. The number of rotatable bonds is 0. The molecule has 1 spiro atoms. The van der Waals surface area contributed by atoms with Gasteiger partial charge in [0.05, 0.1) is 21.1 Å². The van der Waals surface area contributed by atoms with Crippen molar-refractivity contribution in [2.24, 2.45) is 5.92 Å². The summed E-state index contributed by atoms with van der Waals surface area (Å²) in [6, 6.07) is 0. The number of hydrogen-bond acceptors (Lipinski definition) is 3. The van der Waals surface area contributed by atoms with Gasteiger partial charge in [-0.1, -0.05) is 11.6 Å². The highest BCUT2D eigenvalue weighted by Crippen LogP contribution is 2.55. The van der Waals surface area contributed by atoms with E-state index in [0.717, 1.165) is 25.9 Å². The molecule has 0 aromatic rings. The molecule has 104 valence electrons. The lowest BCUT2D eigenvalue weighted by molar-refractivity contribution is -0.210. The van der Waals surface area contributed by atoms with Crippen LogP contribution in [0.4, 0.5) is 8.78 Å². The number of hydrogen-bond donors (Lipinski definition) is 1. The van der Waals surface area contributed by atoms with Crippen LogP contribution in [0, 0.1) is 5.92 Å². The molecule has 0 amide bonds. The van der Waals surface area contributed by atoms with Crippen molar-refractivity contribution in [3.63, 3.8) is 0 Å². The molecule has 2 nitrogen and oxygen atoms in total. The molecule has 3 heterocycles. The largest absolute Gasteiger partial charge is 0.367 e. The molecule has 3 aliphatic heterocycles. The van der Waals surface area contributed by atoms with Gasteiger partial charge in [-0.2, -0.15) is 0 Å². The predicted octanol–water partition coefficient (Wildman–Crippen LogP) is 3.01. The predicted molar refractivity (Wildman–Crippen MR) is 71.8 cm³/mol. The van der Waals surface area contributed by atoms with E-state index in [1.54, 1.807) is 0 Å². The number of allylic oxidation sites excluding steroid dienone is 1. The van der Waals surface area contributed by atoms with E-state index in [4.69, 9.17) is 16.3 Å². The molecule has 0 saturated carbocycles. The van der Waals surface area contributed by atoms with E-state index in [1.165, 1.54) is 17.8 Å². The van der Waals surface area contributed by atoms with E-state index in [0.29, 0.717) is 4.36 Å². The Morgan fingerprint density at radius 1 is 1.39 bits per heavy atom. The van der Waals surface area contributed by atoms with Crippen molar-refractivity contribution in [2.45, 2.75) is 29.6 Å². The van der Waals surface area contributed by atoms with Crippen LogP contribution in [0.1, 0.15) is 12.8 Å². The van der Waals surface area contributed by atoms with Crippen LogP contribution in [0.3, 0.4) is 0 Å². The quantitative estimate of drug-likeness (QED) is 0.742. The Bertz CT molecular complexity index is 361. The Hall–Kier alpha value is 0.450. The van der Waals surface area contributed by atoms with Gasteiger partial charge in [-0.15, -0.1) is 24.2 Å². The SMILES string of the molecule is Cl.FC1(F)COC2(CCNCC2)C2SC(Cl)=CC21. The van der Waals surface area contributed by atoms with Crippen LogP contribution in [0.2, 0.25) is 0 Å². The third-order valence-electron chi connectivity index (χ3n) is 3.88. The molecule has 3 rings (SSSR count). The first-order valence-electron chi connectivity index (χ1n) is 5.80. The van der Waals surface area contributed by atoms with Gasteiger partial charge in [-0.3, -0.25) is 0 Å². The minimum Gasteiger partial charge on any atom is -0.367 e. The molecular weight excluding hydrogens is 303 g/mol. The second-order valence-corrected chi connectivity index (χ2v) is 6.71. The summed E-state index contributed by atoms with van der Waals surface area (Å²) < 4.78 is 33.7. The Balaban J connectivity index is 0.00000120. The van der Waals surface area contributed by atoms with Crippen LogP contribution >= 0.6 is 35.8 Å². The van der Waals surface area contributed by atoms with Crippen LogP contribution in [-0.2, 0) is 4.74 Å². The van der Waals surface area contributed by atoms with E-state index in [9.17, 15) is 8.78 Å². The van der Waals surface area contributed by atoms with E-state index in [1.807, 2.05) is 0 Å². The highest BCUT2D eigenvalue weighted by Gasteiger charge is 2.60. The zero-order valence-electron chi connectivity index (χ0n) is 9.63. The molecule has 2 atom stereocenters. The van der Waals surface area contributed by atoms with E-state index in [-0.39, 0.29) is 17.7 Å². The van der Waals surface area contributed by atoms with E-state index >= 15 is 0 Å². The Morgan fingerprint density at radius 3 is 2.72 bits per heavy atom. The molecule has 0 bridgehead atoms. The fraction of sp³-hybridized carbons (Fsp3) is 0.818. The first-order chi connectivity index (χ1) is 8.04. The Morgan fingerprint density at radius 2 is 2.06 bits per heavy atom. The minimum atomic E-state index is -2.79. The van der Waals surface area contributed by atoms with Crippen LogP contribution in [0.25, 0.3) is 0 Å². The normalized spacial score (nSPS) is 36.7. The smallest absolute Gasteiger partial charge is 0.278 e. The number of alkyl halides is 2. The second kappa shape index (κ2) is 5.09. The van der Waals surface area contributed by atoms with Crippen molar-refractivity contribution in [1.82, 2.24) is 5.32 Å². The summed E-state index contributed by atoms with van der Waals surface area (Å²) in [4.78, 5) is 0. The van der Waals surface area contributed by atoms with Crippen molar-refractivity contribution in [1.29, 1.82) is 0 Å². The summed E-state index contributed by atoms with van der Waals surface area (Å²) in [7, 11) is 0. The van der Waals surface area contributed by atoms with Crippen molar-refractivity contribution in [3.05, 3.63) is 10.4 Å². The minimum absolute atomic E-state index is 0. The third-order valence-corrected chi connectivity index (χ3v) is 5.62. The van der Waals surface area contributed by atoms with Gasteiger partial charge in [-0.25, -0.2) is 8.78 Å². The third kappa shape index (κ3) is 2.29. The number of fused-ring (bicyclic) bond motifs is 2. The maximum atomic E-state index is 13.8. The summed E-state index contributed by atoms with van der Waals surface area (Å²) in [5.74, 6) is -3.56. The summed E-state index contributed by atoms with van der Waals surface area (Å²) in [5, 5.41) is 3.01. The molecule has 2 unspecified atom stereocenters. The number of ether oxygens (including phenoxy) is 1. The van der Waals surface area contributed by atoms with Crippen LogP contribution in [-0.4, -0.2) is 36.5 Å². The lowest BCUT2D eigenvalue weighted by Crippen LogP contribution is -2.60. The van der Waals surface area contributed by atoms with Crippen molar-refractivity contribution >= 4 is 35.8 Å². The monoisotopic (exact) mass is 317 g/mol. The molecule has 0 radical (unpaired) electrons. The van der Waals surface area contributed by atoms with Gasteiger partial charge < -0.3 is 10.1 Å². The maximum Gasteiger partial charge on any atom is 0.278 e.